The van der Waals surface area contributed by atoms with Crippen molar-refractivity contribution in [3.63, 3.8) is 0 Å². The Kier molecular flexibility index (Phi) is 3.49. The molecule has 2 aliphatic carbocycles. The van der Waals surface area contributed by atoms with Gasteiger partial charge in [-0.3, -0.25) is 0 Å². The summed E-state index contributed by atoms with van der Waals surface area (Å²) in [6.45, 7) is 2.46. The Morgan fingerprint density at radius 3 is 2.38 bits per heavy atom. The van der Waals surface area contributed by atoms with Crippen molar-refractivity contribution < 1.29 is 0 Å². The van der Waals surface area contributed by atoms with Crippen molar-refractivity contribution in [2.45, 2.75) is 63.5 Å². The van der Waals surface area contributed by atoms with Gasteiger partial charge in [-0.1, -0.05) is 12.8 Å². The highest BCUT2D eigenvalue weighted by Gasteiger charge is 2.41. The SMILES string of the molecule is C1CCNC(CNC(C2CC2)C2CC2)CC1. The summed E-state index contributed by atoms with van der Waals surface area (Å²) in [5.41, 5.74) is 0. The molecule has 1 heterocycles. The minimum Gasteiger partial charge on any atom is -0.313 e. The van der Waals surface area contributed by atoms with Gasteiger partial charge in [0.05, 0.1) is 0 Å². The van der Waals surface area contributed by atoms with Gasteiger partial charge in [-0.25, -0.2) is 0 Å². The van der Waals surface area contributed by atoms with Gasteiger partial charge in [0, 0.05) is 18.6 Å². The van der Waals surface area contributed by atoms with E-state index in [4.69, 9.17) is 0 Å². The summed E-state index contributed by atoms with van der Waals surface area (Å²) in [7, 11) is 0. The Morgan fingerprint density at radius 2 is 1.69 bits per heavy atom. The lowest BCUT2D eigenvalue weighted by molar-refractivity contribution is 0.375. The molecule has 0 radical (unpaired) electrons. The summed E-state index contributed by atoms with van der Waals surface area (Å²) in [4.78, 5) is 0. The smallest absolute Gasteiger partial charge is 0.0192 e. The third-order valence-corrected chi connectivity index (χ3v) is 4.52. The third-order valence-electron chi connectivity index (χ3n) is 4.52. The molecule has 0 spiro atoms. The molecule has 3 rings (SSSR count). The second-order valence-corrected chi connectivity index (χ2v) is 6.11. The van der Waals surface area contributed by atoms with Crippen molar-refractivity contribution >= 4 is 0 Å². The van der Waals surface area contributed by atoms with Gasteiger partial charge < -0.3 is 10.6 Å². The molecule has 0 amide bonds. The molecule has 1 aliphatic heterocycles. The zero-order valence-corrected chi connectivity index (χ0v) is 10.4. The van der Waals surface area contributed by atoms with Crippen LogP contribution in [0.3, 0.4) is 0 Å². The monoisotopic (exact) mass is 222 g/mol. The van der Waals surface area contributed by atoms with Crippen LogP contribution < -0.4 is 10.6 Å². The van der Waals surface area contributed by atoms with Crippen LogP contribution in [0, 0.1) is 11.8 Å². The van der Waals surface area contributed by atoms with E-state index in [9.17, 15) is 0 Å². The largest absolute Gasteiger partial charge is 0.313 e. The highest BCUT2D eigenvalue weighted by Crippen LogP contribution is 2.44. The van der Waals surface area contributed by atoms with Gasteiger partial charge in [0.15, 0.2) is 0 Å². The molecule has 2 nitrogen and oxygen atoms in total. The van der Waals surface area contributed by atoms with E-state index in [1.807, 2.05) is 0 Å². The van der Waals surface area contributed by atoms with Crippen LogP contribution in [0.2, 0.25) is 0 Å². The van der Waals surface area contributed by atoms with Crippen LogP contribution in [-0.4, -0.2) is 25.2 Å². The van der Waals surface area contributed by atoms with Crippen LogP contribution in [0.4, 0.5) is 0 Å². The maximum Gasteiger partial charge on any atom is 0.0192 e. The summed E-state index contributed by atoms with van der Waals surface area (Å²) >= 11 is 0. The van der Waals surface area contributed by atoms with E-state index in [-0.39, 0.29) is 0 Å². The molecule has 2 N–H and O–H groups in total. The first-order valence-electron chi connectivity index (χ1n) is 7.40. The summed E-state index contributed by atoms with van der Waals surface area (Å²) in [6.07, 6.45) is 11.6. The minimum absolute atomic E-state index is 0.752. The number of hydrogen-bond donors (Lipinski definition) is 2. The Morgan fingerprint density at radius 1 is 0.938 bits per heavy atom. The van der Waals surface area contributed by atoms with E-state index in [0.717, 1.165) is 23.9 Å². The van der Waals surface area contributed by atoms with Gasteiger partial charge >= 0.3 is 0 Å². The zero-order valence-electron chi connectivity index (χ0n) is 10.4. The second-order valence-electron chi connectivity index (χ2n) is 6.11. The van der Waals surface area contributed by atoms with E-state index in [1.165, 1.54) is 64.5 Å². The van der Waals surface area contributed by atoms with E-state index < -0.39 is 0 Å². The third kappa shape index (κ3) is 2.98. The van der Waals surface area contributed by atoms with Crippen molar-refractivity contribution in [3.8, 4) is 0 Å². The van der Waals surface area contributed by atoms with Gasteiger partial charge in [-0.05, 0) is 56.9 Å². The second kappa shape index (κ2) is 5.05. The molecule has 1 saturated heterocycles. The molecule has 92 valence electrons. The molecule has 0 bridgehead atoms. The maximum absolute atomic E-state index is 3.88. The number of rotatable bonds is 5. The molecule has 2 saturated carbocycles. The Hall–Kier alpha value is -0.0800. The molecule has 0 aromatic heterocycles. The number of hydrogen-bond acceptors (Lipinski definition) is 2. The minimum atomic E-state index is 0.752. The van der Waals surface area contributed by atoms with Gasteiger partial charge in [-0.2, -0.15) is 0 Å². The molecular formula is C14H26N2. The number of nitrogens with one attached hydrogen (secondary N) is 2. The summed E-state index contributed by atoms with van der Waals surface area (Å²) in [5.74, 6) is 2.08. The lowest BCUT2D eigenvalue weighted by Gasteiger charge is -2.22. The van der Waals surface area contributed by atoms with Gasteiger partial charge in [-0.15, -0.1) is 0 Å². The van der Waals surface area contributed by atoms with Crippen LogP contribution in [0.25, 0.3) is 0 Å². The molecule has 16 heavy (non-hydrogen) atoms. The lowest BCUT2D eigenvalue weighted by atomic mass is 10.1. The van der Waals surface area contributed by atoms with Crippen LogP contribution in [0.1, 0.15) is 51.4 Å². The predicted molar refractivity (Wildman–Crippen MR) is 67.5 cm³/mol. The fourth-order valence-corrected chi connectivity index (χ4v) is 3.18. The zero-order chi connectivity index (χ0) is 10.8. The Bertz CT molecular complexity index is 201. The van der Waals surface area contributed by atoms with E-state index in [2.05, 4.69) is 10.6 Å². The highest BCUT2D eigenvalue weighted by molar-refractivity contribution is 4.96. The molecule has 3 fully saturated rings. The first-order chi connectivity index (χ1) is 7.93. The quantitative estimate of drug-likeness (QED) is 0.746. The van der Waals surface area contributed by atoms with Crippen LogP contribution in [0.15, 0.2) is 0 Å². The van der Waals surface area contributed by atoms with Crippen molar-refractivity contribution in [1.29, 1.82) is 0 Å². The van der Waals surface area contributed by atoms with Gasteiger partial charge in [0.25, 0.3) is 0 Å². The lowest BCUT2D eigenvalue weighted by Crippen LogP contribution is -2.43. The molecule has 0 aromatic rings. The van der Waals surface area contributed by atoms with E-state index in [1.54, 1.807) is 0 Å². The topological polar surface area (TPSA) is 24.1 Å². The normalized spacial score (nSPS) is 31.7. The molecule has 3 aliphatic rings. The average molecular weight is 222 g/mol. The van der Waals surface area contributed by atoms with Crippen LogP contribution in [-0.2, 0) is 0 Å². The van der Waals surface area contributed by atoms with Crippen molar-refractivity contribution in [3.05, 3.63) is 0 Å². The first-order valence-corrected chi connectivity index (χ1v) is 7.40. The Labute approximate surface area is 99.6 Å². The molecule has 1 unspecified atom stereocenters. The van der Waals surface area contributed by atoms with Gasteiger partial charge in [0.2, 0.25) is 0 Å². The molecule has 2 heteroatoms. The summed E-state index contributed by atoms with van der Waals surface area (Å²) in [5, 5.41) is 7.57. The fraction of sp³-hybridized carbons (Fsp3) is 1.00. The summed E-state index contributed by atoms with van der Waals surface area (Å²) < 4.78 is 0. The summed E-state index contributed by atoms with van der Waals surface area (Å²) in [6, 6.07) is 1.63. The van der Waals surface area contributed by atoms with E-state index in [0.29, 0.717) is 0 Å². The highest BCUT2D eigenvalue weighted by atomic mass is 15.0. The fourth-order valence-electron chi connectivity index (χ4n) is 3.18. The van der Waals surface area contributed by atoms with Crippen LogP contribution in [0.5, 0.6) is 0 Å². The van der Waals surface area contributed by atoms with Crippen LogP contribution >= 0.6 is 0 Å². The van der Waals surface area contributed by atoms with Crippen molar-refractivity contribution in [1.82, 2.24) is 10.6 Å². The predicted octanol–water partition coefficient (Wildman–Crippen LogP) is 2.30. The maximum atomic E-state index is 3.88. The van der Waals surface area contributed by atoms with Crippen molar-refractivity contribution in [2.24, 2.45) is 11.8 Å². The molecule has 0 aromatic carbocycles. The van der Waals surface area contributed by atoms with E-state index >= 15 is 0 Å². The standard InChI is InChI=1S/C14H26N2/c1-2-4-13(15-9-3-1)10-16-14(11-5-6-11)12-7-8-12/h11-16H,1-10H2. The van der Waals surface area contributed by atoms with Crippen molar-refractivity contribution in [2.75, 3.05) is 13.1 Å². The molecular weight excluding hydrogens is 196 g/mol. The average Bonchev–Trinajstić information content (AvgIpc) is 3.17. The Balaban J connectivity index is 1.42. The first kappa shape index (κ1) is 11.0. The van der Waals surface area contributed by atoms with Gasteiger partial charge in [0.1, 0.15) is 0 Å². The molecule has 1 atom stereocenters.